The van der Waals surface area contributed by atoms with Crippen molar-refractivity contribution in [2.45, 2.75) is 67.0 Å². The Kier molecular flexibility index (Phi) is 5.64. The van der Waals surface area contributed by atoms with Gasteiger partial charge in [0.1, 0.15) is 12.6 Å². The Balaban J connectivity index is 1.59. The van der Waals surface area contributed by atoms with Crippen molar-refractivity contribution >= 4 is 29.5 Å². The van der Waals surface area contributed by atoms with Crippen molar-refractivity contribution in [3.63, 3.8) is 0 Å². The first-order valence-corrected chi connectivity index (χ1v) is 12.7. The molecule has 0 aromatic heterocycles. The van der Waals surface area contributed by atoms with E-state index >= 15 is 0 Å². The average molecular weight is 461 g/mol. The summed E-state index contributed by atoms with van der Waals surface area (Å²) in [4.78, 5) is 44.7. The minimum absolute atomic E-state index is 0.0133. The molecule has 2 saturated heterocycles. The number of hydrogen-bond donors (Lipinski definition) is 1. The van der Waals surface area contributed by atoms with Gasteiger partial charge in [-0.3, -0.25) is 14.4 Å². The maximum atomic E-state index is 14.1. The van der Waals surface area contributed by atoms with Gasteiger partial charge in [-0.15, -0.1) is 11.8 Å². The molecule has 1 N–H and O–H groups in total. The van der Waals surface area contributed by atoms with Crippen LogP contribution in [0, 0.1) is 11.8 Å². The molecule has 4 heterocycles. The van der Waals surface area contributed by atoms with Crippen LogP contribution in [0.4, 0.5) is 0 Å². The van der Waals surface area contributed by atoms with E-state index in [0.717, 1.165) is 25.7 Å². The fourth-order valence-corrected chi connectivity index (χ4v) is 8.73. The third kappa shape index (κ3) is 3.16. The van der Waals surface area contributed by atoms with Crippen LogP contribution >= 0.6 is 11.8 Å². The Morgan fingerprint density at radius 1 is 1.09 bits per heavy atom. The van der Waals surface area contributed by atoms with Crippen molar-refractivity contribution in [3.05, 3.63) is 24.3 Å². The molecule has 1 unspecified atom stereocenters. The van der Waals surface area contributed by atoms with Crippen LogP contribution in [0.3, 0.4) is 0 Å². The number of aliphatic hydroxyl groups is 1. The number of aliphatic hydroxyl groups excluding tert-OH is 1. The van der Waals surface area contributed by atoms with Crippen LogP contribution in [-0.4, -0.2) is 80.6 Å². The second-order valence-corrected chi connectivity index (χ2v) is 11.6. The molecule has 2 amide bonds. The summed E-state index contributed by atoms with van der Waals surface area (Å²) in [5.74, 6) is -1.83. The molecule has 3 fully saturated rings. The molecule has 5 rings (SSSR count). The molecule has 1 saturated carbocycles. The van der Waals surface area contributed by atoms with Crippen LogP contribution in [0.25, 0.3) is 0 Å². The zero-order chi connectivity index (χ0) is 22.5. The van der Waals surface area contributed by atoms with Crippen LogP contribution < -0.4 is 0 Å². The first-order valence-electron chi connectivity index (χ1n) is 11.9. The fourth-order valence-electron chi connectivity index (χ4n) is 6.57. The number of hydrogen-bond acceptors (Lipinski definition) is 6. The van der Waals surface area contributed by atoms with Gasteiger partial charge in [0.25, 0.3) is 0 Å². The van der Waals surface area contributed by atoms with Crippen molar-refractivity contribution in [1.29, 1.82) is 0 Å². The van der Waals surface area contributed by atoms with Gasteiger partial charge in [0.05, 0.1) is 16.6 Å². The third-order valence-electron chi connectivity index (χ3n) is 7.92. The highest BCUT2D eigenvalue weighted by molar-refractivity contribution is 8.02. The summed E-state index contributed by atoms with van der Waals surface area (Å²) >= 11 is 1.58. The Bertz CT molecular complexity index is 868. The molecular formula is C24H32N2O5S. The third-order valence-corrected chi connectivity index (χ3v) is 9.71. The largest absolute Gasteiger partial charge is 0.461 e. The van der Waals surface area contributed by atoms with Gasteiger partial charge in [0.2, 0.25) is 11.8 Å². The zero-order valence-electron chi connectivity index (χ0n) is 18.6. The van der Waals surface area contributed by atoms with Crippen molar-refractivity contribution in [3.8, 4) is 0 Å². The van der Waals surface area contributed by atoms with Crippen LogP contribution in [0.1, 0.15) is 45.4 Å². The number of amides is 2. The highest BCUT2D eigenvalue weighted by atomic mass is 32.2. The van der Waals surface area contributed by atoms with Gasteiger partial charge in [-0.1, -0.05) is 37.5 Å². The SMILES string of the molecule is C[C@@]12C=CCOC(=O)[C@@H]1[C@H]1C(=O)N(CCCO)C3C(=O)N(C4CCCCC4)CC=C[C@@]31S2. The van der Waals surface area contributed by atoms with Crippen molar-refractivity contribution in [2.24, 2.45) is 11.8 Å². The van der Waals surface area contributed by atoms with Crippen LogP contribution in [0.2, 0.25) is 0 Å². The number of carbonyl (C=O) groups is 3. The number of fused-ring (bicyclic) bond motifs is 2. The predicted octanol–water partition coefficient (Wildman–Crippen LogP) is 1.90. The van der Waals surface area contributed by atoms with Gasteiger partial charge >= 0.3 is 5.97 Å². The molecular weight excluding hydrogens is 428 g/mol. The van der Waals surface area contributed by atoms with Crippen LogP contribution in [-0.2, 0) is 19.1 Å². The minimum atomic E-state index is -0.812. The van der Waals surface area contributed by atoms with Crippen LogP contribution in [0.15, 0.2) is 24.3 Å². The van der Waals surface area contributed by atoms with E-state index in [2.05, 4.69) is 0 Å². The minimum Gasteiger partial charge on any atom is -0.461 e. The molecule has 174 valence electrons. The van der Waals surface area contributed by atoms with Gasteiger partial charge in [-0.2, -0.15) is 0 Å². The number of rotatable bonds is 4. The molecule has 1 aliphatic carbocycles. The van der Waals surface area contributed by atoms with Gasteiger partial charge in [-0.05, 0) is 32.3 Å². The standard InChI is InChI=1S/C24H32N2O5S/c1-23-10-6-15-31-22(30)18(23)17-20(28)26(13-7-14-27)19-21(29)25(16-8-3-2-4-9-16)12-5-11-24(17,19)32-23/h5-6,10-11,16-19,27H,2-4,7-9,12-15H2,1H3/t17-,18-,19?,23+,24-/m0/s1. The number of carbonyl (C=O) groups excluding carboxylic acids is 3. The summed E-state index contributed by atoms with van der Waals surface area (Å²) in [6, 6.07) is -0.468. The molecule has 1 spiro atoms. The summed E-state index contributed by atoms with van der Waals surface area (Å²) < 4.78 is 4.01. The van der Waals surface area contributed by atoms with Gasteiger partial charge in [0, 0.05) is 30.5 Å². The van der Waals surface area contributed by atoms with E-state index in [-0.39, 0.29) is 37.0 Å². The van der Waals surface area contributed by atoms with E-state index in [1.165, 1.54) is 6.42 Å². The number of thioether (sulfide) groups is 1. The molecule has 4 aliphatic heterocycles. The maximum Gasteiger partial charge on any atom is 0.311 e. The second-order valence-electron chi connectivity index (χ2n) is 9.82. The summed E-state index contributed by atoms with van der Waals surface area (Å²) in [6.07, 6.45) is 13.8. The molecule has 0 aromatic rings. The summed E-state index contributed by atoms with van der Waals surface area (Å²) in [5, 5.41) is 9.46. The lowest BCUT2D eigenvalue weighted by Gasteiger charge is -2.39. The topological polar surface area (TPSA) is 87.1 Å². The van der Waals surface area contributed by atoms with E-state index in [0.29, 0.717) is 19.5 Å². The maximum absolute atomic E-state index is 14.1. The van der Waals surface area contributed by atoms with Crippen molar-refractivity contribution in [2.75, 3.05) is 26.3 Å². The van der Waals surface area contributed by atoms with E-state index < -0.39 is 27.4 Å². The number of nitrogens with zero attached hydrogens (tertiary/aromatic N) is 2. The Hall–Kier alpha value is -1.80. The fraction of sp³-hybridized carbons (Fsp3) is 0.708. The molecule has 5 aliphatic rings. The van der Waals surface area contributed by atoms with Crippen LogP contribution in [0.5, 0.6) is 0 Å². The molecule has 32 heavy (non-hydrogen) atoms. The molecule has 8 heteroatoms. The quantitative estimate of drug-likeness (QED) is 0.509. The Morgan fingerprint density at radius 2 is 1.88 bits per heavy atom. The Morgan fingerprint density at radius 3 is 2.62 bits per heavy atom. The second kappa shape index (κ2) is 8.20. The number of cyclic esters (lactones) is 1. The lowest BCUT2D eigenvalue weighted by atomic mass is 9.75. The molecule has 0 radical (unpaired) electrons. The average Bonchev–Trinajstić information content (AvgIpc) is 3.03. The summed E-state index contributed by atoms with van der Waals surface area (Å²) in [6.45, 7) is 3.00. The molecule has 5 atom stereocenters. The molecule has 7 nitrogen and oxygen atoms in total. The van der Waals surface area contributed by atoms with Gasteiger partial charge in [0.15, 0.2) is 0 Å². The van der Waals surface area contributed by atoms with E-state index in [9.17, 15) is 19.5 Å². The van der Waals surface area contributed by atoms with Gasteiger partial charge in [-0.25, -0.2) is 0 Å². The van der Waals surface area contributed by atoms with Crippen molar-refractivity contribution in [1.82, 2.24) is 9.80 Å². The molecule has 0 bridgehead atoms. The number of esters is 1. The lowest BCUT2D eigenvalue weighted by molar-refractivity contribution is -0.152. The summed E-state index contributed by atoms with van der Waals surface area (Å²) in [5.41, 5.74) is 0. The van der Waals surface area contributed by atoms with E-state index in [4.69, 9.17) is 4.74 Å². The smallest absolute Gasteiger partial charge is 0.311 e. The molecule has 0 aromatic carbocycles. The monoisotopic (exact) mass is 460 g/mol. The highest BCUT2D eigenvalue weighted by Crippen LogP contribution is 2.65. The van der Waals surface area contributed by atoms with Crippen molar-refractivity contribution < 1.29 is 24.2 Å². The van der Waals surface area contributed by atoms with E-state index in [1.807, 2.05) is 36.1 Å². The first kappa shape index (κ1) is 22.0. The summed E-state index contributed by atoms with van der Waals surface area (Å²) in [7, 11) is 0. The van der Waals surface area contributed by atoms with Gasteiger partial charge < -0.3 is 19.6 Å². The lowest BCUT2D eigenvalue weighted by Crippen LogP contribution is -2.55. The number of likely N-dealkylation sites (tertiary alicyclic amines) is 1. The zero-order valence-corrected chi connectivity index (χ0v) is 19.4. The number of ether oxygens (including phenoxy) is 1. The predicted molar refractivity (Wildman–Crippen MR) is 121 cm³/mol. The highest BCUT2D eigenvalue weighted by Gasteiger charge is 2.74. The van der Waals surface area contributed by atoms with E-state index in [1.54, 1.807) is 16.7 Å². The first-order chi connectivity index (χ1) is 15.4. The normalized spacial score (nSPS) is 39.4. The Labute approximate surface area is 193 Å².